The molecule has 236 valence electrons. The molecule has 8 rings (SSSR count). The second-order valence-electron chi connectivity index (χ2n) is 14.4. The predicted octanol–water partition coefficient (Wildman–Crippen LogP) is 5.20. The zero-order chi connectivity index (χ0) is 31.6. The number of aliphatic hydroxyl groups is 1. The number of ether oxygens (including phenoxy) is 3. The molecule has 1 saturated heterocycles. The van der Waals surface area contributed by atoms with Crippen molar-refractivity contribution in [2.45, 2.75) is 101 Å². The van der Waals surface area contributed by atoms with Crippen LogP contribution in [0.5, 0.6) is 0 Å². The van der Waals surface area contributed by atoms with Crippen LogP contribution in [-0.4, -0.2) is 51.2 Å². The molecule has 2 saturated carbocycles. The van der Waals surface area contributed by atoms with Crippen LogP contribution in [0.3, 0.4) is 0 Å². The lowest BCUT2D eigenvalue weighted by molar-refractivity contribution is -0.274. The van der Waals surface area contributed by atoms with E-state index in [9.17, 15) is 14.7 Å². The van der Waals surface area contributed by atoms with Gasteiger partial charge in [-0.05, 0) is 67.9 Å². The Bertz CT molecular complexity index is 1800. The number of benzene rings is 2. The molecule has 3 fully saturated rings. The number of H-pyrrole nitrogens is 1. The lowest BCUT2D eigenvalue weighted by Gasteiger charge is -2.67. The quantitative estimate of drug-likeness (QED) is 0.298. The molecule has 2 aliphatic heterocycles. The second kappa shape index (κ2) is 9.21. The van der Waals surface area contributed by atoms with Gasteiger partial charge in [-0.3, -0.25) is 4.79 Å². The zero-order valence-electron chi connectivity index (χ0n) is 26.2. The first-order valence-corrected chi connectivity index (χ1v) is 16.1. The minimum absolute atomic E-state index is 0.0733. The monoisotopic (exact) mass is 611 g/mol. The molecule has 9 heteroatoms. The topological polar surface area (TPSA) is 136 Å². The maximum Gasteiger partial charge on any atom is 0.407 e. The van der Waals surface area contributed by atoms with Crippen LogP contribution in [0, 0.1) is 11.3 Å². The van der Waals surface area contributed by atoms with Crippen LogP contribution in [0.1, 0.15) is 70.2 Å². The summed E-state index contributed by atoms with van der Waals surface area (Å²) < 4.78 is 19.5. The number of alkyl carbamates (subject to hydrolysis) is 1. The molecule has 3 aromatic rings. The van der Waals surface area contributed by atoms with Crippen molar-refractivity contribution in [1.29, 1.82) is 0 Å². The molecular weight excluding hydrogens is 570 g/mol. The van der Waals surface area contributed by atoms with E-state index in [1.807, 2.05) is 44.2 Å². The van der Waals surface area contributed by atoms with Crippen molar-refractivity contribution in [3.8, 4) is 0 Å². The highest BCUT2D eigenvalue weighted by Crippen LogP contribution is 2.72. The van der Waals surface area contributed by atoms with E-state index in [0.29, 0.717) is 36.9 Å². The summed E-state index contributed by atoms with van der Waals surface area (Å²) in [4.78, 5) is 31.0. The summed E-state index contributed by atoms with van der Waals surface area (Å²) in [5.41, 5.74) is 7.26. The normalized spacial score (nSPS) is 39.4. The van der Waals surface area contributed by atoms with Gasteiger partial charge in [0.2, 0.25) is 0 Å². The molecule has 0 radical (unpaired) electrons. The van der Waals surface area contributed by atoms with E-state index >= 15 is 0 Å². The summed E-state index contributed by atoms with van der Waals surface area (Å²) in [6, 6.07) is 15.6. The van der Waals surface area contributed by atoms with Crippen LogP contribution in [0.2, 0.25) is 0 Å². The minimum Gasteiger partial charge on any atom is -0.443 e. The summed E-state index contributed by atoms with van der Waals surface area (Å²) in [7, 11) is 0. The number of aromatic amines is 1. The fourth-order valence-corrected chi connectivity index (χ4v) is 9.72. The van der Waals surface area contributed by atoms with Gasteiger partial charge in [-0.1, -0.05) is 57.2 Å². The van der Waals surface area contributed by atoms with Crippen molar-refractivity contribution in [2.75, 3.05) is 5.73 Å². The van der Waals surface area contributed by atoms with Gasteiger partial charge in [-0.15, -0.1) is 0 Å². The first-order chi connectivity index (χ1) is 21.4. The molecule has 45 heavy (non-hydrogen) atoms. The molecule has 3 aliphatic carbocycles. The average molecular weight is 612 g/mol. The molecule has 1 spiro atoms. The number of para-hydroxylation sites is 2. The van der Waals surface area contributed by atoms with E-state index in [-0.39, 0.29) is 18.2 Å². The van der Waals surface area contributed by atoms with Crippen molar-refractivity contribution < 1.29 is 28.9 Å². The Morgan fingerprint density at radius 3 is 2.67 bits per heavy atom. The Kier molecular flexibility index (Phi) is 5.89. The number of hydrogen-bond acceptors (Lipinski definition) is 7. The molecule has 3 heterocycles. The molecule has 2 bridgehead atoms. The number of nitrogens with one attached hydrogen (secondary N) is 2. The molecule has 2 aromatic carbocycles. The van der Waals surface area contributed by atoms with E-state index < -0.39 is 46.1 Å². The van der Waals surface area contributed by atoms with E-state index in [4.69, 9.17) is 19.9 Å². The minimum atomic E-state index is -1.77. The summed E-state index contributed by atoms with van der Waals surface area (Å²) in [6.45, 7) is 8.39. The number of fused-ring (bicyclic) bond motifs is 9. The third-order valence-corrected chi connectivity index (χ3v) is 12.6. The molecule has 9 nitrogen and oxygen atoms in total. The van der Waals surface area contributed by atoms with Crippen LogP contribution < -0.4 is 11.1 Å². The van der Waals surface area contributed by atoms with Gasteiger partial charge in [-0.25, -0.2) is 4.79 Å². The van der Waals surface area contributed by atoms with Crippen LogP contribution >= 0.6 is 0 Å². The van der Waals surface area contributed by atoms with Crippen molar-refractivity contribution in [1.82, 2.24) is 10.3 Å². The number of nitrogens with two attached hydrogens (primary N) is 1. The van der Waals surface area contributed by atoms with Gasteiger partial charge >= 0.3 is 6.09 Å². The first-order valence-electron chi connectivity index (χ1n) is 16.1. The molecule has 1 amide bonds. The Balaban J connectivity index is 1.24. The van der Waals surface area contributed by atoms with E-state index in [1.165, 1.54) is 10.9 Å². The zero-order valence-corrected chi connectivity index (χ0v) is 26.2. The van der Waals surface area contributed by atoms with E-state index in [1.54, 1.807) is 12.1 Å². The number of rotatable bonds is 4. The third kappa shape index (κ3) is 3.49. The first kappa shape index (κ1) is 28.8. The number of hydrogen-bond donors (Lipinski definition) is 4. The third-order valence-electron chi connectivity index (χ3n) is 12.6. The van der Waals surface area contributed by atoms with Gasteiger partial charge in [0.05, 0.1) is 0 Å². The Morgan fingerprint density at radius 1 is 1.13 bits per heavy atom. The number of ketones is 1. The number of amides is 1. The number of anilines is 1. The van der Waals surface area contributed by atoms with Crippen molar-refractivity contribution in [2.24, 2.45) is 11.3 Å². The highest BCUT2D eigenvalue weighted by molar-refractivity contribution is 5.97. The fraction of sp³-hybridized carbons (Fsp3) is 0.500. The largest absolute Gasteiger partial charge is 0.443 e. The van der Waals surface area contributed by atoms with Crippen molar-refractivity contribution >= 4 is 28.5 Å². The highest BCUT2D eigenvalue weighted by Gasteiger charge is 2.78. The summed E-state index contributed by atoms with van der Waals surface area (Å²) in [6.07, 6.45) is 1.95. The summed E-state index contributed by atoms with van der Waals surface area (Å²) in [5.74, 6) is -1.43. The van der Waals surface area contributed by atoms with Crippen molar-refractivity contribution in [3.63, 3.8) is 0 Å². The van der Waals surface area contributed by atoms with Gasteiger partial charge in [0, 0.05) is 51.7 Å². The second-order valence-corrected chi connectivity index (χ2v) is 14.4. The van der Waals surface area contributed by atoms with Gasteiger partial charge < -0.3 is 35.4 Å². The molecule has 8 atom stereocenters. The Labute approximate surface area is 262 Å². The number of carbonyl (C=O) groups is 2. The van der Waals surface area contributed by atoms with E-state index in [2.05, 4.69) is 36.3 Å². The Hall–Kier alpha value is -3.66. The standard InChI is InChI=1S/C36H41N3O6/c1-5-32(2)30-26(40)18-27-35(44-30,45-32)15-14-33(3)34(4)21(16-23-22-11-7-9-13-25(22)39-29(23)34)17-28(36(27,33)42)43-31(41)38-19-20-10-6-8-12-24(20)37/h6-13,18,21,28,30,39,42H,5,14-17,19,37H2,1-4H3,(H,38,41)/t21-,28+,30+,32?,33-,34-,35+,36+/m1/s1. The lowest BCUT2D eigenvalue weighted by atomic mass is 9.41. The number of aromatic nitrogens is 1. The van der Waals surface area contributed by atoms with Gasteiger partial charge in [0.25, 0.3) is 0 Å². The maximum absolute atomic E-state index is 13.7. The van der Waals surface area contributed by atoms with Gasteiger partial charge in [-0.2, -0.15) is 0 Å². The highest BCUT2D eigenvalue weighted by atomic mass is 16.8. The Morgan fingerprint density at radius 2 is 1.89 bits per heavy atom. The van der Waals surface area contributed by atoms with Gasteiger partial charge in [0.1, 0.15) is 17.3 Å². The van der Waals surface area contributed by atoms with Crippen LogP contribution in [0.15, 0.2) is 60.2 Å². The van der Waals surface area contributed by atoms with Crippen LogP contribution in [-0.2, 0) is 37.4 Å². The van der Waals surface area contributed by atoms with Crippen molar-refractivity contribution in [3.05, 3.63) is 77.0 Å². The molecule has 5 aliphatic rings. The fourth-order valence-electron chi connectivity index (χ4n) is 9.72. The number of carbonyl (C=O) groups excluding carboxylic acids is 2. The maximum atomic E-state index is 13.7. The summed E-state index contributed by atoms with van der Waals surface area (Å²) >= 11 is 0. The van der Waals surface area contributed by atoms with E-state index in [0.717, 1.165) is 23.2 Å². The van der Waals surface area contributed by atoms with Gasteiger partial charge in [0.15, 0.2) is 17.7 Å². The number of nitrogen functional groups attached to an aromatic ring is 1. The average Bonchev–Trinajstić information content (AvgIpc) is 3.62. The summed E-state index contributed by atoms with van der Waals surface area (Å²) in [5, 5.41) is 17.5. The SMILES string of the molecule is CCC1(C)O[C@@]23CC[C@]4(C)[C@@]5(C)c6[nH]c7ccccc7c6C[C@@H]5C[C@H](OC(=O)NCc5ccccc5N)[C@@]4(O)C2=CC(=O)[C@@H]1O3. The smallest absolute Gasteiger partial charge is 0.407 e. The molecular formula is C36H41N3O6. The molecule has 5 N–H and O–H groups in total. The van der Waals surface area contributed by atoms with Crippen LogP contribution in [0.4, 0.5) is 10.5 Å². The molecule has 1 aromatic heterocycles. The lowest BCUT2D eigenvalue weighted by Crippen LogP contribution is -2.75. The predicted molar refractivity (Wildman–Crippen MR) is 168 cm³/mol. The molecule has 1 unspecified atom stereocenters. The van der Waals surface area contributed by atoms with Crippen LogP contribution in [0.25, 0.3) is 10.9 Å².